The normalized spacial score (nSPS) is 15.3. The van der Waals surface area contributed by atoms with Crippen LogP contribution in [-0.2, 0) is 4.79 Å². The number of nitrogens with one attached hydrogen (secondary N) is 1. The van der Waals surface area contributed by atoms with Crippen molar-refractivity contribution in [2.45, 2.75) is 32.1 Å². The lowest BCUT2D eigenvalue weighted by Crippen LogP contribution is -2.41. The van der Waals surface area contributed by atoms with Crippen molar-refractivity contribution in [2.75, 3.05) is 20.1 Å². The monoisotopic (exact) mass is 228 g/mol. The molecule has 0 saturated heterocycles. The molecule has 0 spiro atoms. The minimum Gasteiger partial charge on any atom is -0.481 e. The second-order valence-electron chi connectivity index (χ2n) is 4.41. The molecule has 1 rings (SSSR count). The molecule has 2 N–H and O–H groups in total. The van der Waals surface area contributed by atoms with Crippen molar-refractivity contribution in [3.05, 3.63) is 0 Å². The van der Waals surface area contributed by atoms with Crippen LogP contribution in [0, 0.1) is 5.92 Å². The molecule has 0 aliphatic heterocycles. The number of carbonyl (C=O) groups is 2. The molecule has 0 aromatic rings. The molecular weight excluding hydrogens is 208 g/mol. The summed E-state index contributed by atoms with van der Waals surface area (Å²) in [6, 6.07) is -0.0997. The van der Waals surface area contributed by atoms with Crippen molar-refractivity contribution in [3.8, 4) is 0 Å². The third-order valence-corrected chi connectivity index (χ3v) is 2.95. The van der Waals surface area contributed by atoms with Crippen molar-refractivity contribution >= 4 is 12.0 Å². The summed E-state index contributed by atoms with van der Waals surface area (Å²) in [5, 5.41) is 11.1. The lowest BCUT2D eigenvalue weighted by Gasteiger charge is -2.30. The van der Waals surface area contributed by atoms with Crippen molar-refractivity contribution in [2.24, 2.45) is 5.92 Å². The fourth-order valence-electron chi connectivity index (χ4n) is 1.72. The summed E-state index contributed by atoms with van der Waals surface area (Å²) in [4.78, 5) is 23.5. The molecule has 5 nitrogen and oxygen atoms in total. The smallest absolute Gasteiger partial charge is 0.317 e. The van der Waals surface area contributed by atoms with E-state index in [1.165, 1.54) is 19.3 Å². The van der Waals surface area contributed by atoms with E-state index < -0.39 is 5.97 Å². The number of amides is 2. The van der Waals surface area contributed by atoms with Gasteiger partial charge in [-0.1, -0.05) is 6.42 Å². The van der Waals surface area contributed by atoms with Crippen molar-refractivity contribution in [1.29, 1.82) is 0 Å². The molecule has 5 heteroatoms. The Hall–Kier alpha value is -1.26. The number of nitrogens with zero attached hydrogens (tertiary/aromatic N) is 1. The molecule has 0 aromatic carbocycles. The molecule has 92 valence electrons. The quantitative estimate of drug-likeness (QED) is 0.673. The molecule has 0 atom stereocenters. The fourth-order valence-corrected chi connectivity index (χ4v) is 1.72. The van der Waals surface area contributed by atoms with Crippen molar-refractivity contribution < 1.29 is 14.7 Å². The predicted octanol–water partition coefficient (Wildman–Crippen LogP) is 1.29. The average Bonchev–Trinajstić information content (AvgIpc) is 2.17. The van der Waals surface area contributed by atoms with Crippen LogP contribution >= 0.6 is 0 Å². The highest BCUT2D eigenvalue weighted by Gasteiger charge is 2.20. The van der Waals surface area contributed by atoms with Crippen LogP contribution in [0.25, 0.3) is 0 Å². The third kappa shape index (κ3) is 4.51. The predicted molar refractivity (Wildman–Crippen MR) is 60.2 cm³/mol. The number of hydrogen-bond acceptors (Lipinski definition) is 2. The topological polar surface area (TPSA) is 69.6 Å². The first-order chi connectivity index (χ1) is 7.59. The Balaban J connectivity index is 2.06. The Morgan fingerprint density at radius 2 is 2.12 bits per heavy atom. The van der Waals surface area contributed by atoms with E-state index in [4.69, 9.17) is 5.11 Å². The molecule has 0 bridgehead atoms. The first kappa shape index (κ1) is 12.8. The molecule has 0 radical (unpaired) electrons. The molecular formula is C11H20N2O3. The van der Waals surface area contributed by atoms with Gasteiger partial charge in [-0.15, -0.1) is 0 Å². The van der Waals surface area contributed by atoms with Crippen molar-refractivity contribution in [1.82, 2.24) is 10.2 Å². The van der Waals surface area contributed by atoms with E-state index in [1.807, 2.05) is 0 Å². The Morgan fingerprint density at radius 1 is 1.44 bits per heavy atom. The molecule has 1 fully saturated rings. The number of aliphatic carboxylic acids is 1. The van der Waals surface area contributed by atoms with E-state index in [0.29, 0.717) is 18.9 Å². The Morgan fingerprint density at radius 3 is 2.62 bits per heavy atom. The van der Waals surface area contributed by atoms with Gasteiger partial charge in [0.1, 0.15) is 0 Å². The van der Waals surface area contributed by atoms with E-state index in [9.17, 15) is 9.59 Å². The van der Waals surface area contributed by atoms with Gasteiger partial charge in [-0.2, -0.15) is 0 Å². The van der Waals surface area contributed by atoms with Gasteiger partial charge in [0, 0.05) is 26.6 Å². The standard InChI is InChI=1S/C11H20N2O3/c1-13(8-9-4-2-5-9)11(16)12-7-3-6-10(14)15/h9H,2-8H2,1H3,(H,12,16)(H,14,15). The number of carboxylic acids is 1. The molecule has 2 amide bonds. The van der Waals surface area contributed by atoms with Gasteiger partial charge < -0.3 is 15.3 Å². The summed E-state index contributed by atoms with van der Waals surface area (Å²) in [6.45, 7) is 1.24. The van der Waals surface area contributed by atoms with Gasteiger partial charge >= 0.3 is 12.0 Å². The van der Waals surface area contributed by atoms with Crippen LogP contribution in [0.2, 0.25) is 0 Å². The van der Waals surface area contributed by atoms with Crippen LogP contribution in [0.1, 0.15) is 32.1 Å². The SMILES string of the molecule is CN(CC1CCC1)C(=O)NCCCC(=O)O. The van der Waals surface area contributed by atoms with E-state index >= 15 is 0 Å². The molecule has 0 aromatic heterocycles. The summed E-state index contributed by atoms with van der Waals surface area (Å²) < 4.78 is 0. The van der Waals surface area contributed by atoms with Gasteiger partial charge in [0.05, 0.1) is 0 Å². The molecule has 16 heavy (non-hydrogen) atoms. The summed E-state index contributed by atoms with van der Waals surface area (Å²) >= 11 is 0. The van der Waals surface area contributed by atoms with Gasteiger partial charge in [0.15, 0.2) is 0 Å². The second-order valence-corrected chi connectivity index (χ2v) is 4.41. The number of hydrogen-bond donors (Lipinski definition) is 2. The molecule has 1 aliphatic carbocycles. The number of rotatable bonds is 6. The highest BCUT2D eigenvalue weighted by molar-refractivity contribution is 5.73. The largest absolute Gasteiger partial charge is 0.481 e. The number of urea groups is 1. The Bertz CT molecular complexity index is 252. The summed E-state index contributed by atoms with van der Waals surface area (Å²) in [5.41, 5.74) is 0. The Labute approximate surface area is 95.8 Å². The van der Waals surface area contributed by atoms with Crippen LogP contribution < -0.4 is 5.32 Å². The first-order valence-electron chi connectivity index (χ1n) is 5.80. The zero-order chi connectivity index (χ0) is 12.0. The van der Waals surface area contributed by atoms with Crippen LogP contribution in [0.15, 0.2) is 0 Å². The van der Waals surface area contributed by atoms with Crippen LogP contribution in [-0.4, -0.2) is 42.1 Å². The third-order valence-electron chi connectivity index (χ3n) is 2.95. The maximum Gasteiger partial charge on any atom is 0.317 e. The van der Waals surface area contributed by atoms with Crippen molar-refractivity contribution in [3.63, 3.8) is 0 Å². The van der Waals surface area contributed by atoms with E-state index in [1.54, 1.807) is 11.9 Å². The van der Waals surface area contributed by atoms with Gasteiger partial charge in [-0.25, -0.2) is 4.79 Å². The number of carboxylic acid groups (broad SMARTS) is 1. The first-order valence-corrected chi connectivity index (χ1v) is 5.80. The zero-order valence-corrected chi connectivity index (χ0v) is 9.74. The molecule has 0 heterocycles. The highest BCUT2D eigenvalue weighted by Crippen LogP contribution is 2.26. The minimum absolute atomic E-state index is 0.0997. The van der Waals surface area contributed by atoms with Gasteiger partial charge in [0.25, 0.3) is 0 Å². The van der Waals surface area contributed by atoms with Gasteiger partial charge in [-0.3, -0.25) is 4.79 Å². The Kier molecular flexibility index (Phi) is 5.08. The maximum atomic E-state index is 11.5. The lowest BCUT2D eigenvalue weighted by molar-refractivity contribution is -0.137. The van der Waals surface area contributed by atoms with E-state index in [0.717, 1.165) is 6.54 Å². The van der Waals surface area contributed by atoms with Crippen LogP contribution in [0.3, 0.4) is 0 Å². The fraction of sp³-hybridized carbons (Fsp3) is 0.818. The molecule has 1 aliphatic rings. The van der Waals surface area contributed by atoms with Gasteiger partial charge in [0.2, 0.25) is 0 Å². The zero-order valence-electron chi connectivity index (χ0n) is 9.74. The summed E-state index contributed by atoms with van der Waals surface area (Å²) in [5.74, 6) is -0.160. The second kappa shape index (κ2) is 6.35. The average molecular weight is 228 g/mol. The lowest BCUT2D eigenvalue weighted by atomic mass is 9.85. The summed E-state index contributed by atoms with van der Waals surface area (Å²) in [6.07, 6.45) is 4.30. The van der Waals surface area contributed by atoms with Gasteiger partial charge in [-0.05, 0) is 25.2 Å². The van der Waals surface area contributed by atoms with Crippen LogP contribution in [0.5, 0.6) is 0 Å². The van der Waals surface area contributed by atoms with E-state index in [2.05, 4.69) is 5.32 Å². The maximum absolute atomic E-state index is 11.5. The highest BCUT2D eigenvalue weighted by atomic mass is 16.4. The molecule has 1 saturated carbocycles. The summed E-state index contributed by atoms with van der Waals surface area (Å²) in [7, 11) is 1.78. The minimum atomic E-state index is -0.822. The van der Waals surface area contributed by atoms with Crippen LogP contribution in [0.4, 0.5) is 4.79 Å². The van der Waals surface area contributed by atoms with E-state index in [-0.39, 0.29) is 12.5 Å². The molecule has 0 unspecified atom stereocenters. The number of carbonyl (C=O) groups excluding carboxylic acids is 1.